The monoisotopic (exact) mass is 1420 g/mol. The fraction of sp³-hybridized carbons (Fsp3) is 0.0755. The molecule has 0 aliphatic carbocycles. The Morgan fingerprint density at radius 2 is 0.682 bits per heavy atom. The summed E-state index contributed by atoms with van der Waals surface area (Å²) in [7, 11) is 0. The normalized spacial score (nSPS) is 12.8. The minimum Gasteiger partial charge on any atom is -0.310 e. The molecule has 518 valence electrons. The molecule has 110 heavy (non-hydrogen) atoms. The lowest BCUT2D eigenvalue weighted by Crippen LogP contribution is -2.59. The van der Waals surface area contributed by atoms with E-state index in [-0.39, 0.29) is 17.5 Å². The lowest BCUT2D eigenvalue weighted by Gasteiger charge is -2.40. The smallest absolute Gasteiger partial charge is 0.264 e. The summed E-state index contributed by atoms with van der Waals surface area (Å²) < 4.78 is 5.40. The Hall–Kier alpha value is -12.9. The summed E-state index contributed by atoms with van der Waals surface area (Å²) >= 11 is 2.00. The third kappa shape index (κ3) is 9.75. The molecule has 0 saturated carbocycles. The molecule has 0 amide bonds. The quantitative estimate of drug-likeness (QED) is 0.109. The molecule has 0 atom stereocenters. The van der Waals surface area contributed by atoms with Crippen molar-refractivity contribution < 1.29 is 0 Å². The zero-order valence-electron chi connectivity index (χ0n) is 62.3. The molecule has 2 nitrogen and oxygen atoms in total. The average Bonchev–Trinajstić information content (AvgIpc) is 1.47. The molecule has 2 aromatic heterocycles. The molecule has 0 spiro atoms. The summed E-state index contributed by atoms with van der Waals surface area (Å²) in [4.78, 5) is 2.77. The lowest BCUT2D eigenvalue weighted by atomic mass is 9.36. The van der Waals surface area contributed by atoms with Gasteiger partial charge in [0.25, 0.3) is 6.71 Å². The van der Waals surface area contributed by atoms with Crippen LogP contribution in [0.25, 0.3) is 180 Å². The molecule has 20 aromatic rings. The number of fused-ring (bicyclic) bond motifs is 23. The van der Waals surface area contributed by atoms with Crippen LogP contribution in [0.4, 0.5) is 17.1 Å². The molecule has 0 N–H and O–H groups in total. The Labute approximate surface area is 645 Å². The first-order chi connectivity index (χ1) is 53.9. The average molecular weight is 1420 g/mol. The summed E-state index contributed by atoms with van der Waals surface area (Å²) in [5.74, 6) is 0. The van der Waals surface area contributed by atoms with Gasteiger partial charge in [-0.1, -0.05) is 333 Å². The predicted molar refractivity (Wildman–Crippen MR) is 476 cm³/mol. The van der Waals surface area contributed by atoms with Crippen LogP contribution in [0.2, 0.25) is 0 Å². The molecule has 18 aromatic carbocycles. The first kappa shape index (κ1) is 64.3. The maximum absolute atomic E-state index is 2.78. The van der Waals surface area contributed by atoms with E-state index in [1.165, 1.54) is 179 Å². The molecule has 4 heteroatoms. The van der Waals surface area contributed by atoms with Gasteiger partial charge in [-0.15, -0.1) is 11.3 Å². The van der Waals surface area contributed by atoms with Gasteiger partial charge >= 0.3 is 0 Å². The number of aromatic nitrogens is 1. The van der Waals surface area contributed by atoms with Gasteiger partial charge in [0.05, 0.1) is 22.4 Å². The second kappa shape index (κ2) is 24.3. The standard InChI is InChI=1S/C106H75BN2S/c1-105(2,3)74-51-54-91(85(61-74)69-33-17-10-18-34-69)108-93-59-73(96-86(70-47-43-67(44-48-70)64-27-11-7-12-28-64)57-72(66-31-15-9-16-32-66)58-87(96)71-49-45-68(46-50-71)65-29-13-8-14-30-65)60-94-101(93)107(104-102(108)89-62-75(106(4,5)6)52-56-95(89)110-104)90-63-88-81-40-22-20-36-77(81)79-38-24-26-42-83(79)98(88)100-99-92(109(94)103(90)100)55-53-84-80-39-21-19-35-76(80)78-37-23-25-41-82(78)97(84)99/h7-63H,1-6H3. The molecule has 0 bridgehead atoms. The Bertz CT molecular complexity index is 7100. The largest absolute Gasteiger partial charge is 0.310 e. The van der Waals surface area contributed by atoms with Gasteiger partial charge in [0.15, 0.2) is 0 Å². The number of rotatable bonds is 8. The highest BCUT2D eigenvalue weighted by atomic mass is 32.1. The number of nitrogens with zero attached hydrogens (tertiary/aromatic N) is 2. The summed E-state index contributed by atoms with van der Waals surface area (Å²) in [6, 6.07) is 132. The number of hydrogen-bond donors (Lipinski definition) is 0. The van der Waals surface area contributed by atoms with E-state index in [2.05, 4.69) is 397 Å². The van der Waals surface area contributed by atoms with E-state index in [0.29, 0.717) is 0 Å². The fourth-order valence-corrected chi connectivity index (χ4v) is 20.3. The lowest BCUT2D eigenvalue weighted by molar-refractivity contribution is 0.590. The van der Waals surface area contributed by atoms with E-state index in [0.717, 1.165) is 44.6 Å². The summed E-state index contributed by atoms with van der Waals surface area (Å²) in [5, 5.41) is 19.1. The molecule has 0 unspecified atom stereocenters. The molecule has 4 heterocycles. The van der Waals surface area contributed by atoms with Crippen LogP contribution in [-0.2, 0) is 10.8 Å². The molecular formula is C106H75BN2S. The van der Waals surface area contributed by atoms with Gasteiger partial charge in [0.2, 0.25) is 0 Å². The van der Waals surface area contributed by atoms with Crippen molar-refractivity contribution in [2.45, 2.75) is 52.4 Å². The molecular weight excluding hydrogens is 1340 g/mol. The zero-order chi connectivity index (χ0) is 73.4. The van der Waals surface area contributed by atoms with E-state index in [1.807, 2.05) is 11.3 Å². The van der Waals surface area contributed by atoms with Crippen molar-refractivity contribution in [2.24, 2.45) is 0 Å². The van der Waals surface area contributed by atoms with Crippen LogP contribution in [0.15, 0.2) is 346 Å². The van der Waals surface area contributed by atoms with E-state index in [4.69, 9.17) is 0 Å². The molecule has 0 saturated heterocycles. The molecule has 0 fully saturated rings. The van der Waals surface area contributed by atoms with Gasteiger partial charge < -0.3 is 9.47 Å². The van der Waals surface area contributed by atoms with Crippen LogP contribution >= 0.6 is 11.3 Å². The van der Waals surface area contributed by atoms with Crippen molar-refractivity contribution in [3.8, 4) is 83.6 Å². The summed E-state index contributed by atoms with van der Waals surface area (Å²) in [5.41, 5.74) is 28.4. The first-order valence-electron chi connectivity index (χ1n) is 38.7. The minimum atomic E-state index is -0.210. The van der Waals surface area contributed by atoms with Gasteiger partial charge in [-0.2, -0.15) is 0 Å². The van der Waals surface area contributed by atoms with Crippen LogP contribution < -0.4 is 20.6 Å². The highest BCUT2D eigenvalue weighted by Crippen LogP contribution is 2.56. The van der Waals surface area contributed by atoms with E-state index in [1.54, 1.807) is 0 Å². The molecule has 2 aliphatic heterocycles. The Kier molecular flexibility index (Phi) is 14.2. The van der Waals surface area contributed by atoms with E-state index in [9.17, 15) is 0 Å². The van der Waals surface area contributed by atoms with Crippen molar-refractivity contribution >= 4 is 147 Å². The van der Waals surface area contributed by atoms with Crippen molar-refractivity contribution in [3.63, 3.8) is 0 Å². The predicted octanol–water partition coefficient (Wildman–Crippen LogP) is 27.8. The van der Waals surface area contributed by atoms with E-state index < -0.39 is 0 Å². The van der Waals surface area contributed by atoms with Gasteiger partial charge in [0, 0.05) is 53.3 Å². The van der Waals surface area contributed by atoms with Crippen molar-refractivity contribution in [1.29, 1.82) is 0 Å². The van der Waals surface area contributed by atoms with Crippen LogP contribution in [0, 0.1) is 0 Å². The van der Waals surface area contributed by atoms with Crippen molar-refractivity contribution in [1.82, 2.24) is 4.57 Å². The third-order valence-electron chi connectivity index (χ3n) is 24.2. The Morgan fingerprint density at radius 3 is 1.21 bits per heavy atom. The van der Waals surface area contributed by atoms with Crippen molar-refractivity contribution in [3.05, 3.63) is 357 Å². The second-order valence-electron chi connectivity index (χ2n) is 32.5. The highest BCUT2D eigenvalue weighted by Gasteiger charge is 2.46. The zero-order valence-corrected chi connectivity index (χ0v) is 63.1. The number of anilines is 3. The maximum Gasteiger partial charge on any atom is 0.264 e. The number of benzene rings is 18. The number of thiophene rings is 1. The van der Waals surface area contributed by atoms with Crippen LogP contribution in [0.5, 0.6) is 0 Å². The third-order valence-corrected chi connectivity index (χ3v) is 25.4. The van der Waals surface area contributed by atoms with Crippen LogP contribution in [-0.4, -0.2) is 11.3 Å². The molecule has 0 radical (unpaired) electrons. The van der Waals surface area contributed by atoms with Gasteiger partial charge in [-0.25, -0.2) is 0 Å². The fourth-order valence-electron chi connectivity index (χ4n) is 19.0. The van der Waals surface area contributed by atoms with Gasteiger partial charge in [-0.3, -0.25) is 0 Å². The van der Waals surface area contributed by atoms with E-state index >= 15 is 0 Å². The summed E-state index contributed by atoms with van der Waals surface area (Å²) in [6.45, 7) is 14.0. The van der Waals surface area contributed by atoms with Crippen LogP contribution in [0.3, 0.4) is 0 Å². The number of hydrogen-bond acceptors (Lipinski definition) is 2. The Morgan fingerprint density at radius 1 is 0.273 bits per heavy atom. The molecule has 22 rings (SSSR count). The maximum atomic E-state index is 2.78. The summed E-state index contributed by atoms with van der Waals surface area (Å²) in [6.07, 6.45) is 0. The van der Waals surface area contributed by atoms with Crippen LogP contribution in [0.1, 0.15) is 52.7 Å². The molecule has 2 aliphatic rings. The Balaban J connectivity index is 0.971. The first-order valence-corrected chi connectivity index (χ1v) is 39.6. The topological polar surface area (TPSA) is 8.17 Å². The van der Waals surface area contributed by atoms with Crippen molar-refractivity contribution in [2.75, 3.05) is 4.90 Å². The van der Waals surface area contributed by atoms with Gasteiger partial charge in [-0.05, 0) is 214 Å². The van der Waals surface area contributed by atoms with Gasteiger partial charge in [0.1, 0.15) is 0 Å². The second-order valence-corrected chi connectivity index (χ2v) is 33.6. The SMILES string of the molecule is CC(C)(C)c1ccc(N2c3cc(-c4c(-c5ccc(-c6ccccc6)cc5)cc(-c5ccccc5)cc4-c4ccc(-c5ccccc5)cc4)cc4c3B(c3sc5ccc(C(C)(C)C)cc5c32)c2cc3c5ccccc5c5ccccc5c3c3c5c6c7ccccc7c7ccccc7c6ccc5n-4c23)c(-c2ccccc2)c1. The minimum absolute atomic E-state index is 0.139. The highest BCUT2D eigenvalue weighted by molar-refractivity contribution is 7.33.